The van der Waals surface area contributed by atoms with E-state index in [1.807, 2.05) is 6.92 Å². The van der Waals surface area contributed by atoms with Crippen molar-refractivity contribution >= 4 is 17.4 Å². The molecule has 2 aliphatic carbocycles. The Kier molecular flexibility index (Phi) is 6.76. The maximum absolute atomic E-state index is 11.1. The Balaban J connectivity index is 1.36. The molecule has 2 aliphatic rings. The number of pyridine rings is 1. The van der Waals surface area contributed by atoms with Crippen LogP contribution in [0.5, 0.6) is 11.6 Å². The van der Waals surface area contributed by atoms with Gasteiger partial charge in [0.15, 0.2) is 0 Å². The van der Waals surface area contributed by atoms with Gasteiger partial charge in [-0.25, -0.2) is 4.98 Å². The molecule has 0 saturated heterocycles. The summed E-state index contributed by atoms with van der Waals surface area (Å²) in [5, 5.41) is 0.463. The first-order valence-electron chi connectivity index (χ1n) is 9.56. The van der Waals surface area contributed by atoms with Gasteiger partial charge in [0.2, 0.25) is 5.88 Å². The predicted molar refractivity (Wildman–Crippen MR) is 99.9 cm³/mol. The lowest BCUT2D eigenvalue weighted by atomic mass is 9.83. The molecule has 5 nitrogen and oxygen atoms in total. The molecule has 1 aromatic rings. The zero-order valence-corrected chi connectivity index (χ0v) is 16.3. The van der Waals surface area contributed by atoms with Gasteiger partial charge in [-0.05, 0) is 50.9 Å². The topological polar surface area (TPSA) is 57.7 Å². The maximum atomic E-state index is 11.1. The van der Waals surface area contributed by atoms with Crippen molar-refractivity contribution in [2.45, 2.75) is 64.6 Å². The van der Waals surface area contributed by atoms with Crippen molar-refractivity contribution in [2.75, 3.05) is 13.2 Å². The fourth-order valence-electron chi connectivity index (χ4n) is 3.26. The molecule has 0 aromatic carbocycles. The van der Waals surface area contributed by atoms with E-state index in [1.165, 1.54) is 6.42 Å². The summed E-state index contributed by atoms with van der Waals surface area (Å²) in [5.74, 6) is 2.06. The summed E-state index contributed by atoms with van der Waals surface area (Å²) in [6, 6.07) is 1.79. The molecular formula is C20H28ClNO4. The fraction of sp³-hybridized carbons (Fsp3) is 0.700. The molecule has 0 unspecified atom stereocenters. The molecule has 0 amide bonds. The van der Waals surface area contributed by atoms with Crippen molar-refractivity contribution in [3.63, 3.8) is 0 Å². The Morgan fingerprint density at radius 1 is 1.35 bits per heavy atom. The minimum Gasteiger partial charge on any atom is -0.489 e. The van der Waals surface area contributed by atoms with Crippen molar-refractivity contribution in [3.8, 4) is 11.6 Å². The van der Waals surface area contributed by atoms with Gasteiger partial charge in [-0.3, -0.25) is 0 Å². The summed E-state index contributed by atoms with van der Waals surface area (Å²) in [5.41, 5.74) is 0. The van der Waals surface area contributed by atoms with Crippen LogP contribution in [-0.4, -0.2) is 36.2 Å². The fourth-order valence-corrected chi connectivity index (χ4v) is 3.47. The Labute approximate surface area is 160 Å². The third kappa shape index (κ3) is 5.34. The second-order valence-corrected chi connectivity index (χ2v) is 8.09. The highest BCUT2D eigenvalue weighted by Crippen LogP contribution is 2.36. The van der Waals surface area contributed by atoms with E-state index in [9.17, 15) is 4.79 Å². The molecular weight excluding hydrogens is 354 g/mol. The van der Waals surface area contributed by atoms with Gasteiger partial charge in [0, 0.05) is 25.3 Å². The van der Waals surface area contributed by atoms with E-state index < -0.39 is 0 Å². The number of ether oxygens (including phenoxy) is 3. The number of aromatic nitrogens is 1. The molecule has 2 saturated carbocycles. The van der Waals surface area contributed by atoms with Crippen LogP contribution >= 0.6 is 11.6 Å². The molecule has 1 heterocycles. The number of hydrogen-bond acceptors (Lipinski definition) is 5. The minimum atomic E-state index is 0.217. The van der Waals surface area contributed by atoms with E-state index in [0.717, 1.165) is 25.7 Å². The quantitative estimate of drug-likeness (QED) is 0.599. The average molecular weight is 382 g/mol. The summed E-state index contributed by atoms with van der Waals surface area (Å²) in [7, 11) is 0. The molecule has 2 fully saturated rings. The Bertz CT molecular complexity index is 614. The Morgan fingerprint density at radius 3 is 2.77 bits per heavy atom. The highest BCUT2D eigenvalue weighted by molar-refractivity contribution is 6.33. The SMILES string of the molecule is CC(=O)C[C@@H](C)COC1CC(COc2nccc(OC3CCC3)c2Cl)C1. The number of halogens is 1. The van der Waals surface area contributed by atoms with E-state index in [-0.39, 0.29) is 23.9 Å². The van der Waals surface area contributed by atoms with Crippen LogP contribution in [0.1, 0.15) is 52.4 Å². The largest absolute Gasteiger partial charge is 0.489 e. The lowest BCUT2D eigenvalue weighted by Crippen LogP contribution is -2.36. The average Bonchev–Trinajstić information content (AvgIpc) is 2.50. The van der Waals surface area contributed by atoms with Crippen molar-refractivity contribution in [1.82, 2.24) is 4.98 Å². The molecule has 3 rings (SSSR count). The van der Waals surface area contributed by atoms with Crippen LogP contribution in [-0.2, 0) is 9.53 Å². The molecule has 0 radical (unpaired) electrons. The molecule has 6 heteroatoms. The summed E-state index contributed by atoms with van der Waals surface area (Å²) < 4.78 is 17.5. The molecule has 1 atom stereocenters. The van der Waals surface area contributed by atoms with Crippen LogP contribution in [0.15, 0.2) is 12.3 Å². The molecule has 0 N–H and O–H groups in total. The summed E-state index contributed by atoms with van der Waals surface area (Å²) in [6.45, 7) is 4.90. The monoisotopic (exact) mass is 381 g/mol. The zero-order chi connectivity index (χ0) is 18.5. The van der Waals surface area contributed by atoms with E-state index >= 15 is 0 Å². The van der Waals surface area contributed by atoms with Crippen molar-refractivity contribution < 1.29 is 19.0 Å². The number of Topliss-reactive ketones (excluding diaryl/α,β-unsaturated/α-hetero) is 1. The zero-order valence-electron chi connectivity index (χ0n) is 15.6. The number of carbonyl (C=O) groups excluding carboxylic acids is 1. The van der Waals surface area contributed by atoms with Gasteiger partial charge in [0.1, 0.15) is 16.6 Å². The standard InChI is InChI=1S/C20H28ClNO4/c1-13(8-14(2)23)11-24-17-9-15(10-17)12-25-20-19(21)18(6-7-22-20)26-16-4-3-5-16/h6-7,13,15-17H,3-5,8-12H2,1-2H3/t13-,15?,17?/m1/s1. The van der Waals surface area contributed by atoms with E-state index in [1.54, 1.807) is 19.2 Å². The highest BCUT2D eigenvalue weighted by atomic mass is 35.5. The smallest absolute Gasteiger partial charge is 0.236 e. The Hall–Kier alpha value is -1.33. The van der Waals surface area contributed by atoms with E-state index in [2.05, 4.69) is 4.98 Å². The lowest BCUT2D eigenvalue weighted by molar-refractivity contribution is -0.119. The van der Waals surface area contributed by atoms with Crippen molar-refractivity contribution in [1.29, 1.82) is 0 Å². The van der Waals surface area contributed by atoms with Gasteiger partial charge < -0.3 is 19.0 Å². The summed E-state index contributed by atoms with van der Waals surface area (Å²) in [6.07, 6.45) is 8.15. The van der Waals surface area contributed by atoms with Gasteiger partial charge in [0.05, 0.1) is 18.8 Å². The molecule has 1 aromatic heterocycles. The number of ketones is 1. The molecule has 144 valence electrons. The van der Waals surface area contributed by atoms with Gasteiger partial charge in [0.25, 0.3) is 0 Å². The van der Waals surface area contributed by atoms with E-state index in [4.69, 9.17) is 25.8 Å². The highest BCUT2D eigenvalue weighted by Gasteiger charge is 2.31. The molecule has 26 heavy (non-hydrogen) atoms. The van der Waals surface area contributed by atoms with Crippen molar-refractivity contribution in [2.24, 2.45) is 11.8 Å². The van der Waals surface area contributed by atoms with Gasteiger partial charge >= 0.3 is 0 Å². The first-order valence-corrected chi connectivity index (χ1v) is 9.94. The molecule has 0 aliphatic heterocycles. The second-order valence-electron chi connectivity index (χ2n) is 7.71. The first kappa shape index (κ1) is 19.4. The maximum Gasteiger partial charge on any atom is 0.236 e. The second kappa shape index (κ2) is 9.05. The van der Waals surface area contributed by atoms with Gasteiger partial charge in [-0.2, -0.15) is 0 Å². The minimum absolute atomic E-state index is 0.217. The van der Waals surface area contributed by atoms with Crippen LogP contribution in [0.25, 0.3) is 0 Å². The summed E-state index contributed by atoms with van der Waals surface area (Å²) >= 11 is 6.37. The predicted octanol–water partition coefficient (Wildman–Crippen LogP) is 4.46. The van der Waals surface area contributed by atoms with Crippen LogP contribution in [0, 0.1) is 11.8 Å². The third-order valence-corrected chi connectivity index (χ3v) is 5.42. The van der Waals surface area contributed by atoms with Crippen molar-refractivity contribution in [3.05, 3.63) is 17.3 Å². The third-order valence-electron chi connectivity index (χ3n) is 5.07. The molecule has 0 spiro atoms. The number of rotatable bonds is 10. The van der Waals surface area contributed by atoms with E-state index in [0.29, 0.717) is 42.2 Å². The molecule has 0 bridgehead atoms. The van der Waals surface area contributed by atoms with Crippen LogP contribution in [0.3, 0.4) is 0 Å². The van der Waals surface area contributed by atoms with Gasteiger partial charge in [-0.15, -0.1) is 0 Å². The normalized spacial score (nSPS) is 23.7. The number of carbonyl (C=O) groups is 1. The van der Waals surface area contributed by atoms with Gasteiger partial charge in [-0.1, -0.05) is 18.5 Å². The van der Waals surface area contributed by atoms with Crippen LogP contribution in [0.4, 0.5) is 0 Å². The number of nitrogens with zero attached hydrogens (tertiary/aromatic N) is 1. The summed E-state index contributed by atoms with van der Waals surface area (Å²) in [4.78, 5) is 15.3. The Morgan fingerprint density at radius 2 is 2.12 bits per heavy atom. The van der Waals surface area contributed by atoms with Crippen LogP contribution in [0.2, 0.25) is 5.02 Å². The lowest BCUT2D eigenvalue weighted by Gasteiger charge is -2.35. The van der Waals surface area contributed by atoms with Crippen LogP contribution < -0.4 is 9.47 Å². The number of hydrogen-bond donors (Lipinski definition) is 0. The first-order chi connectivity index (χ1) is 12.5.